The summed E-state index contributed by atoms with van der Waals surface area (Å²) in [5.41, 5.74) is 2.63. The van der Waals surface area contributed by atoms with Crippen molar-refractivity contribution in [1.82, 2.24) is 0 Å². The molecule has 0 aliphatic rings. The lowest BCUT2D eigenvalue weighted by atomic mass is 10.1. The summed E-state index contributed by atoms with van der Waals surface area (Å²) in [7, 11) is 1.46. The summed E-state index contributed by atoms with van der Waals surface area (Å²) < 4.78 is 9.60. The number of carboxylic acid groups (broad SMARTS) is 1. The van der Waals surface area contributed by atoms with Gasteiger partial charge in [0.1, 0.15) is 6.79 Å². The van der Waals surface area contributed by atoms with E-state index in [0.717, 1.165) is 12.8 Å². The first-order valence-electron chi connectivity index (χ1n) is 4.40. The van der Waals surface area contributed by atoms with E-state index in [1.165, 1.54) is 7.11 Å². The monoisotopic (exact) mass is 200 g/mol. The fraction of sp³-hybridized carbons (Fsp3) is 0.600. The number of hydrogen-bond acceptors (Lipinski definition) is 3. The van der Waals surface area contributed by atoms with Gasteiger partial charge < -0.3 is 14.6 Å². The highest BCUT2D eigenvalue weighted by molar-refractivity contribution is 5.72. The molecule has 0 bridgehead atoms. The summed E-state index contributed by atoms with van der Waals surface area (Å²) in [4.78, 5) is 10.7. The molecule has 0 amide bonds. The quantitative estimate of drug-likeness (QED) is 0.367. The van der Waals surface area contributed by atoms with Gasteiger partial charge in [-0.15, -0.1) is 5.73 Å². The molecule has 1 unspecified atom stereocenters. The maximum Gasteiger partial charge on any atom is 0.332 e. The van der Waals surface area contributed by atoms with Crippen molar-refractivity contribution in [3.05, 3.63) is 18.4 Å². The second-order valence-corrected chi connectivity index (χ2v) is 2.74. The Morgan fingerprint density at radius 1 is 1.71 bits per heavy atom. The molecule has 0 saturated heterocycles. The van der Waals surface area contributed by atoms with Gasteiger partial charge in [-0.05, 0) is 25.3 Å². The highest BCUT2D eigenvalue weighted by Gasteiger charge is 2.16. The van der Waals surface area contributed by atoms with E-state index >= 15 is 0 Å². The van der Waals surface area contributed by atoms with Crippen LogP contribution >= 0.6 is 0 Å². The van der Waals surface area contributed by atoms with Crippen molar-refractivity contribution in [2.24, 2.45) is 0 Å². The fourth-order valence-corrected chi connectivity index (χ4v) is 0.936. The van der Waals surface area contributed by atoms with E-state index in [1.807, 2.05) is 0 Å². The van der Waals surface area contributed by atoms with E-state index in [1.54, 1.807) is 6.08 Å². The minimum Gasteiger partial charge on any atom is -0.479 e. The summed E-state index contributed by atoms with van der Waals surface area (Å²) in [6, 6.07) is 0. The van der Waals surface area contributed by atoms with Crippen molar-refractivity contribution >= 4 is 5.97 Å². The Morgan fingerprint density at radius 2 is 2.43 bits per heavy atom. The van der Waals surface area contributed by atoms with Crippen molar-refractivity contribution in [2.75, 3.05) is 13.9 Å². The lowest BCUT2D eigenvalue weighted by Gasteiger charge is -2.11. The number of methoxy groups -OCH3 is 1. The number of rotatable bonds is 8. The number of aliphatic carboxylic acids is 1. The van der Waals surface area contributed by atoms with Gasteiger partial charge in [-0.1, -0.05) is 6.58 Å². The molecular formula is C10H16O4. The Balaban J connectivity index is 3.72. The van der Waals surface area contributed by atoms with Crippen LogP contribution in [0, 0.1) is 0 Å². The molecule has 0 aromatic rings. The summed E-state index contributed by atoms with van der Waals surface area (Å²) in [5.74, 6) is -0.954. The van der Waals surface area contributed by atoms with Gasteiger partial charge in [-0.2, -0.15) is 0 Å². The molecule has 0 aliphatic carbocycles. The maximum absolute atomic E-state index is 10.7. The van der Waals surface area contributed by atoms with Crippen molar-refractivity contribution in [3.8, 4) is 0 Å². The Morgan fingerprint density at radius 3 is 2.93 bits per heavy atom. The van der Waals surface area contributed by atoms with Crippen molar-refractivity contribution in [2.45, 2.75) is 25.4 Å². The SMILES string of the molecule is C=C=CCCCC(OCOC)C(=O)O. The third-order valence-electron chi connectivity index (χ3n) is 1.62. The van der Waals surface area contributed by atoms with E-state index in [2.05, 4.69) is 17.0 Å². The van der Waals surface area contributed by atoms with Crippen LogP contribution in [0.2, 0.25) is 0 Å². The zero-order chi connectivity index (χ0) is 10.8. The first-order chi connectivity index (χ1) is 6.72. The van der Waals surface area contributed by atoms with E-state index < -0.39 is 12.1 Å². The Bertz CT molecular complexity index is 206. The van der Waals surface area contributed by atoms with E-state index in [0.29, 0.717) is 6.42 Å². The average molecular weight is 200 g/mol. The second-order valence-electron chi connectivity index (χ2n) is 2.74. The van der Waals surface area contributed by atoms with Crippen LogP contribution in [0.4, 0.5) is 0 Å². The van der Waals surface area contributed by atoms with Crippen LogP contribution in [0.3, 0.4) is 0 Å². The van der Waals surface area contributed by atoms with Gasteiger partial charge in [0.25, 0.3) is 0 Å². The van der Waals surface area contributed by atoms with Crippen molar-refractivity contribution in [1.29, 1.82) is 0 Å². The van der Waals surface area contributed by atoms with Crippen LogP contribution in [0.15, 0.2) is 18.4 Å². The Hall–Kier alpha value is -1.09. The predicted molar refractivity (Wildman–Crippen MR) is 51.9 cm³/mol. The molecule has 4 nitrogen and oxygen atoms in total. The molecule has 80 valence electrons. The summed E-state index contributed by atoms with van der Waals surface area (Å²) in [6.45, 7) is 3.42. The number of unbranched alkanes of at least 4 members (excludes halogenated alkanes) is 1. The second kappa shape index (κ2) is 8.51. The fourth-order valence-electron chi connectivity index (χ4n) is 0.936. The van der Waals surface area contributed by atoms with Crippen LogP contribution < -0.4 is 0 Å². The van der Waals surface area contributed by atoms with Gasteiger partial charge in [0.05, 0.1) is 0 Å². The minimum atomic E-state index is -0.954. The first-order valence-corrected chi connectivity index (χ1v) is 4.40. The van der Waals surface area contributed by atoms with Gasteiger partial charge in [-0.25, -0.2) is 4.79 Å². The molecule has 0 spiro atoms. The van der Waals surface area contributed by atoms with Crippen LogP contribution in [-0.4, -0.2) is 31.1 Å². The number of ether oxygens (including phenoxy) is 2. The highest BCUT2D eigenvalue weighted by Crippen LogP contribution is 2.05. The van der Waals surface area contributed by atoms with Gasteiger partial charge in [0.15, 0.2) is 6.10 Å². The zero-order valence-electron chi connectivity index (χ0n) is 8.36. The van der Waals surface area contributed by atoms with E-state index in [-0.39, 0.29) is 6.79 Å². The van der Waals surface area contributed by atoms with E-state index in [4.69, 9.17) is 9.84 Å². The third-order valence-corrected chi connectivity index (χ3v) is 1.62. The van der Waals surface area contributed by atoms with Crippen LogP contribution in [0.1, 0.15) is 19.3 Å². The van der Waals surface area contributed by atoms with Gasteiger partial charge in [0, 0.05) is 7.11 Å². The molecule has 0 aromatic heterocycles. The van der Waals surface area contributed by atoms with Crippen LogP contribution in [0.25, 0.3) is 0 Å². The summed E-state index contributed by atoms with van der Waals surface area (Å²) in [5, 5.41) is 8.74. The van der Waals surface area contributed by atoms with Crippen LogP contribution in [-0.2, 0) is 14.3 Å². The van der Waals surface area contributed by atoms with Crippen molar-refractivity contribution in [3.63, 3.8) is 0 Å². The standard InChI is InChI=1S/C10H16O4/c1-3-4-5-6-7-9(10(11)12)14-8-13-2/h4,9H,1,5-8H2,2H3,(H,11,12). The molecule has 1 atom stereocenters. The molecular weight excluding hydrogens is 184 g/mol. The lowest BCUT2D eigenvalue weighted by Crippen LogP contribution is -2.24. The molecule has 0 rings (SSSR count). The molecule has 14 heavy (non-hydrogen) atoms. The largest absolute Gasteiger partial charge is 0.479 e. The molecule has 0 fully saturated rings. The molecule has 0 aromatic carbocycles. The van der Waals surface area contributed by atoms with E-state index in [9.17, 15) is 4.79 Å². The molecule has 1 N–H and O–H groups in total. The molecule has 0 heterocycles. The normalized spacial score (nSPS) is 11.8. The molecule has 0 saturated carbocycles. The smallest absolute Gasteiger partial charge is 0.332 e. The van der Waals surface area contributed by atoms with Gasteiger partial charge in [0.2, 0.25) is 0 Å². The zero-order valence-corrected chi connectivity index (χ0v) is 8.36. The number of carboxylic acids is 1. The van der Waals surface area contributed by atoms with Crippen LogP contribution in [0.5, 0.6) is 0 Å². The summed E-state index contributed by atoms with van der Waals surface area (Å²) in [6.07, 6.45) is 2.96. The highest BCUT2D eigenvalue weighted by atomic mass is 16.7. The average Bonchev–Trinajstić information content (AvgIpc) is 2.16. The number of carbonyl (C=O) groups is 1. The summed E-state index contributed by atoms with van der Waals surface area (Å²) >= 11 is 0. The number of hydrogen-bond donors (Lipinski definition) is 1. The Labute approximate surface area is 83.8 Å². The number of allylic oxidation sites excluding steroid dienone is 1. The minimum absolute atomic E-state index is 0.00820. The Kier molecular flexibility index (Phi) is 7.84. The maximum atomic E-state index is 10.7. The molecule has 0 aliphatic heterocycles. The third kappa shape index (κ3) is 6.43. The molecule has 0 radical (unpaired) electrons. The van der Waals surface area contributed by atoms with Gasteiger partial charge in [-0.3, -0.25) is 0 Å². The first kappa shape index (κ1) is 12.9. The van der Waals surface area contributed by atoms with Crippen molar-refractivity contribution < 1.29 is 19.4 Å². The van der Waals surface area contributed by atoms with Gasteiger partial charge >= 0.3 is 5.97 Å². The predicted octanol–water partition coefficient (Wildman–Crippen LogP) is 1.57. The lowest BCUT2D eigenvalue weighted by molar-refractivity contribution is -0.159. The molecule has 4 heteroatoms. The topological polar surface area (TPSA) is 55.8 Å².